The van der Waals surface area contributed by atoms with Crippen molar-refractivity contribution in [1.82, 2.24) is 4.90 Å². The van der Waals surface area contributed by atoms with Gasteiger partial charge in [0.1, 0.15) is 0 Å². The lowest BCUT2D eigenvalue weighted by molar-refractivity contribution is 0.283. The largest absolute Gasteiger partial charge is 0.305 e. The average molecular weight is 182 g/mol. The number of nitrogens with zero attached hydrogens (tertiary/aromatic N) is 1. The number of hydrogen-bond acceptors (Lipinski definition) is 2. The van der Waals surface area contributed by atoms with Crippen LogP contribution in [-0.4, -0.2) is 36.5 Å². The number of rotatable bonds is 1. The maximum atomic E-state index is 2.42. The Hall–Kier alpha value is 0.600. The molecule has 0 spiro atoms. The van der Waals surface area contributed by atoms with Crippen molar-refractivity contribution >= 4 is 24.2 Å². The van der Waals surface area contributed by atoms with Crippen LogP contribution < -0.4 is 0 Å². The van der Waals surface area contributed by atoms with Crippen molar-refractivity contribution in [3.05, 3.63) is 0 Å². The van der Waals surface area contributed by atoms with E-state index in [-0.39, 0.29) is 12.4 Å². The maximum absolute atomic E-state index is 2.42. The highest BCUT2D eigenvalue weighted by molar-refractivity contribution is 7.99. The summed E-state index contributed by atoms with van der Waals surface area (Å²) < 4.78 is 0. The van der Waals surface area contributed by atoms with E-state index in [9.17, 15) is 0 Å². The van der Waals surface area contributed by atoms with Crippen LogP contribution in [0.25, 0.3) is 0 Å². The number of thioether (sulfide) groups is 1. The summed E-state index contributed by atoms with van der Waals surface area (Å²) in [4.78, 5) is 2.42. The molecule has 0 N–H and O–H groups in total. The van der Waals surface area contributed by atoms with Gasteiger partial charge in [0.2, 0.25) is 0 Å². The first-order chi connectivity index (χ1) is 4.33. The second kappa shape index (κ2) is 5.28. The van der Waals surface area contributed by atoms with E-state index in [0.29, 0.717) is 0 Å². The molecule has 0 amide bonds. The third-order valence-electron chi connectivity index (χ3n) is 1.91. The Kier molecular flexibility index (Phi) is 5.59. The van der Waals surface area contributed by atoms with Crippen LogP contribution >= 0.6 is 24.2 Å². The van der Waals surface area contributed by atoms with Crippen LogP contribution in [0.4, 0.5) is 0 Å². The van der Waals surface area contributed by atoms with Gasteiger partial charge in [-0.3, -0.25) is 0 Å². The third kappa shape index (κ3) is 3.13. The molecule has 1 nitrogen and oxygen atoms in total. The van der Waals surface area contributed by atoms with Gasteiger partial charge in [-0.05, 0) is 32.7 Å². The maximum Gasteiger partial charge on any atom is 0.0172 e. The van der Waals surface area contributed by atoms with E-state index in [4.69, 9.17) is 0 Å². The summed E-state index contributed by atoms with van der Waals surface area (Å²) in [6.45, 7) is 2.60. The van der Waals surface area contributed by atoms with Crippen LogP contribution in [0.1, 0.15) is 12.8 Å². The Labute approximate surface area is 74.0 Å². The van der Waals surface area contributed by atoms with Gasteiger partial charge >= 0.3 is 0 Å². The van der Waals surface area contributed by atoms with Crippen molar-refractivity contribution < 1.29 is 0 Å². The summed E-state index contributed by atoms with van der Waals surface area (Å²) in [5, 5.41) is 0.906. The van der Waals surface area contributed by atoms with Crippen LogP contribution in [0.2, 0.25) is 0 Å². The first-order valence-electron chi connectivity index (χ1n) is 3.54. The van der Waals surface area contributed by atoms with Gasteiger partial charge < -0.3 is 4.90 Å². The molecular formula is C7H16ClNS. The summed E-state index contributed by atoms with van der Waals surface area (Å²) in [6, 6.07) is 0. The number of halogens is 1. The molecule has 0 aliphatic carbocycles. The zero-order chi connectivity index (χ0) is 6.69. The predicted octanol–water partition coefficient (Wildman–Crippen LogP) is 1.87. The molecular weight excluding hydrogens is 166 g/mol. The second-order valence-electron chi connectivity index (χ2n) is 2.76. The lowest BCUT2D eigenvalue weighted by Crippen LogP contribution is -2.33. The van der Waals surface area contributed by atoms with Gasteiger partial charge in [-0.25, -0.2) is 0 Å². The molecule has 1 saturated heterocycles. The SMILES string of the molecule is CSC1CCCN(C)C1.Cl. The molecule has 0 bridgehead atoms. The van der Waals surface area contributed by atoms with E-state index in [1.807, 2.05) is 11.8 Å². The first-order valence-corrected chi connectivity index (χ1v) is 4.83. The summed E-state index contributed by atoms with van der Waals surface area (Å²) in [5.41, 5.74) is 0. The van der Waals surface area contributed by atoms with Gasteiger partial charge in [0, 0.05) is 11.8 Å². The molecule has 1 rings (SSSR count). The highest BCUT2D eigenvalue weighted by Gasteiger charge is 2.14. The van der Waals surface area contributed by atoms with Crippen molar-refractivity contribution in [2.24, 2.45) is 0 Å². The number of piperidine rings is 1. The third-order valence-corrected chi connectivity index (χ3v) is 2.97. The van der Waals surface area contributed by atoms with Crippen molar-refractivity contribution in [3.63, 3.8) is 0 Å². The average Bonchev–Trinajstić information content (AvgIpc) is 1.88. The Bertz CT molecular complexity index is 89.7. The molecule has 0 aromatic rings. The van der Waals surface area contributed by atoms with E-state index >= 15 is 0 Å². The summed E-state index contributed by atoms with van der Waals surface area (Å²) in [7, 11) is 2.21. The monoisotopic (exact) mass is 181 g/mol. The fourth-order valence-electron chi connectivity index (χ4n) is 1.31. The predicted molar refractivity (Wildman–Crippen MR) is 51.3 cm³/mol. The molecule has 0 aromatic heterocycles. The lowest BCUT2D eigenvalue weighted by Gasteiger charge is -2.28. The molecule has 0 aromatic carbocycles. The highest BCUT2D eigenvalue weighted by Crippen LogP contribution is 2.18. The van der Waals surface area contributed by atoms with E-state index in [1.54, 1.807) is 0 Å². The molecule has 1 aliphatic rings. The van der Waals surface area contributed by atoms with Gasteiger partial charge in [-0.15, -0.1) is 12.4 Å². The Morgan fingerprint density at radius 1 is 1.50 bits per heavy atom. The molecule has 1 atom stereocenters. The van der Waals surface area contributed by atoms with Gasteiger partial charge in [-0.1, -0.05) is 0 Å². The minimum Gasteiger partial charge on any atom is -0.305 e. The Morgan fingerprint density at radius 2 is 2.20 bits per heavy atom. The van der Waals surface area contributed by atoms with Crippen LogP contribution in [0.15, 0.2) is 0 Å². The highest BCUT2D eigenvalue weighted by atomic mass is 35.5. The number of hydrogen-bond donors (Lipinski definition) is 0. The molecule has 1 heterocycles. The molecule has 0 radical (unpaired) electrons. The molecule has 1 aliphatic heterocycles. The summed E-state index contributed by atoms with van der Waals surface area (Å²) >= 11 is 2.01. The van der Waals surface area contributed by atoms with Gasteiger partial charge in [0.05, 0.1) is 0 Å². The molecule has 1 fully saturated rings. The van der Waals surface area contributed by atoms with Crippen molar-refractivity contribution in [3.8, 4) is 0 Å². The zero-order valence-electron chi connectivity index (χ0n) is 6.67. The standard InChI is InChI=1S/C7H15NS.ClH/c1-8-5-3-4-7(6-8)9-2;/h7H,3-6H2,1-2H3;1H. The number of likely N-dealkylation sites (tertiary alicyclic amines) is 1. The van der Waals surface area contributed by atoms with Crippen LogP contribution in [-0.2, 0) is 0 Å². The van der Waals surface area contributed by atoms with Gasteiger partial charge in [-0.2, -0.15) is 11.8 Å². The van der Waals surface area contributed by atoms with Crippen LogP contribution in [0.5, 0.6) is 0 Å². The molecule has 3 heteroatoms. The van der Waals surface area contributed by atoms with Gasteiger partial charge in [0.25, 0.3) is 0 Å². The molecule has 0 saturated carbocycles. The Balaban J connectivity index is 0.000000810. The van der Waals surface area contributed by atoms with Crippen molar-refractivity contribution in [1.29, 1.82) is 0 Å². The van der Waals surface area contributed by atoms with Crippen molar-refractivity contribution in [2.45, 2.75) is 18.1 Å². The minimum atomic E-state index is 0. The smallest absolute Gasteiger partial charge is 0.0172 e. The quantitative estimate of drug-likeness (QED) is 0.608. The van der Waals surface area contributed by atoms with E-state index in [2.05, 4.69) is 18.2 Å². The summed E-state index contributed by atoms with van der Waals surface area (Å²) in [6.07, 6.45) is 5.03. The molecule has 1 unspecified atom stereocenters. The van der Waals surface area contributed by atoms with E-state index < -0.39 is 0 Å². The normalized spacial score (nSPS) is 27.6. The van der Waals surface area contributed by atoms with Crippen LogP contribution in [0.3, 0.4) is 0 Å². The van der Waals surface area contributed by atoms with Crippen LogP contribution in [0, 0.1) is 0 Å². The lowest BCUT2D eigenvalue weighted by atomic mass is 10.1. The second-order valence-corrected chi connectivity index (χ2v) is 3.90. The van der Waals surface area contributed by atoms with Gasteiger partial charge in [0.15, 0.2) is 0 Å². The molecule has 62 valence electrons. The fraction of sp³-hybridized carbons (Fsp3) is 1.00. The Morgan fingerprint density at radius 3 is 2.60 bits per heavy atom. The van der Waals surface area contributed by atoms with Crippen molar-refractivity contribution in [2.75, 3.05) is 26.4 Å². The van der Waals surface area contributed by atoms with E-state index in [1.165, 1.54) is 25.9 Å². The van der Waals surface area contributed by atoms with E-state index in [0.717, 1.165) is 5.25 Å². The molecule has 10 heavy (non-hydrogen) atoms. The minimum absolute atomic E-state index is 0. The topological polar surface area (TPSA) is 3.24 Å². The zero-order valence-corrected chi connectivity index (χ0v) is 8.30. The fourth-order valence-corrected chi connectivity index (χ4v) is 2.12. The first kappa shape index (κ1) is 10.6. The summed E-state index contributed by atoms with van der Waals surface area (Å²) in [5.74, 6) is 0.